The molecule has 1 rings (SSSR count). The zero-order chi connectivity index (χ0) is 8.97. The maximum Gasteiger partial charge on any atom is 0.129 e. The van der Waals surface area contributed by atoms with Crippen LogP contribution in [-0.4, -0.2) is 18.0 Å². The summed E-state index contributed by atoms with van der Waals surface area (Å²) in [6, 6.07) is 0. The van der Waals surface area contributed by atoms with E-state index >= 15 is 0 Å². The van der Waals surface area contributed by atoms with Crippen molar-refractivity contribution in [2.45, 2.75) is 58.2 Å². The van der Waals surface area contributed by atoms with E-state index in [0.717, 1.165) is 19.3 Å². The second kappa shape index (κ2) is 4.61. The highest BCUT2D eigenvalue weighted by atomic mass is 16.6. The van der Waals surface area contributed by atoms with Gasteiger partial charge in [-0.15, -0.1) is 0 Å². The molecule has 0 N–H and O–H groups in total. The lowest BCUT2D eigenvalue weighted by Gasteiger charge is -1.93. The van der Waals surface area contributed by atoms with E-state index in [-0.39, 0.29) is 0 Å². The lowest BCUT2D eigenvalue weighted by Crippen LogP contribution is -1.96. The topological polar surface area (TPSA) is 29.6 Å². The Balaban J connectivity index is 1.93. The molecule has 0 saturated carbocycles. The molecule has 0 aromatic heterocycles. The summed E-state index contributed by atoms with van der Waals surface area (Å²) in [5.41, 5.74) is 0. The SMILES string of the molecule is CCCC1OC1CCCC(C)=O. The van der Waals surface area contributed by atoms with E-state index in [2.05, 4.69) is 6.92 Å². The smallest absolute Gasteiger partial charge is 0.129 e. The predicted molar refractivity (Wildman–Crippen MR) is 48.1 cm³/mol. The zero-order valence-electron chi connectivity index (χ0n) is 8.01. The van der Waals surface area contributed by atoms with Crippen LogP contribution < -0.4 is 0 Å². The van der Waals surface area contributed by atoms with E-state index < -0.39 is 0 Å². The molecule has 0 radical (unpaired) electrons. The minimum absolute atomic E-state index is 0.294. The lowest BCUT2D eigenvalue weighted by molar-refractivity contribution is -0.117. The molecule has 0 bridgehead atoms. The van der Waals surface area contributed by atoms with E-state index in [0.29, 0.717) is 18.0 Å². The Morgan fingerprint density at radius 3 is 2.58 bits per heavy atom. The molecule has 2 nitrogen and oxygen atoms in total. The molecule has 1 saturated heterocycles. The van der Waals surface area contributed by atoms with Crippen molar-refractivity contribution in [2.24, 2.45) is 0 Å². The minimum Gasteiger partial charge on any atom is -0.370 e. The van der Waals surface area contributed by atoms with Crippen molar-refractivity contribution in [3.05, 3.63) is 0 Å². The third kappa shape index (κ3) is 3.35. The summed E-state index contributed by atoms with van der Waals surface area (Å²) in [7, 11) is 0. The zero-order valence-corrected chi connectivity index (χ0v) is 8.01. The fourth-order valence-corrected chi connectivity index (χ4v) is 1.52. The van der Waals surface area contributed by atoms with Crippen LogP contribution in [0.15, 0.2) is 0 Å². The Kier molecular flexibility index (Phi) is 3.73. The minimum atomic E-state index is 0.294. The van der Waals surface area contributed by atoms with Crippen LogP contribution in [0.3, 0.4) is 0 Å². The van der Waals surface area contributed by atoms with E-state index in [1.54, 1.807) is 6.92 Å². The Morgan fingerprint density at radius 1 is 1.33 bits per heavy atom. The summed E-state index contributed by atoms with van der Waals surface area (Å²) >= 11 is 0. The van der Waals surface area contributed by atoms with Gasteiger partial charge in [0.15, 0.2) is 0 Å². The second-order valence-corrected chi connectivity index (χ2v) is 3.60. The van der Waals surface area contributed by atoms with Gasteiger partial charge in [0.05, 0.1) is 12.2 Å². The molecule has 0 aliphatic carbocycles. The van der Waals surface area contributed by atoms with Gasteiger partial charge in [0.25, 0.3) is 0 Å². The molecule has 1 heterocycles. The molecule has 2 heteroatoms. The average Bonchev–Trinajstić information content (AvgIpc) is 2.68. The Morgan fingerprint density at radius 2 is 2.00 bits per heavy atom. The van der Waals surface area contributed by atoms with Crippen LogP contribution in [0.4, 0.5) is 0 Å². The van der Waals surface area contributed by atoms with Crippen LogP contribution in [0.2, 0.25) is 0 Å². The summed E-state index contributed by atoms with van der Waals surface area (Å²) in [6.45, 7) is 3.82. The molecule has 1 fully saturated rings. The third-order valence-corrected chi connectivity index (χ3v) is 2.28. The standard InChI is InChI=1S/C10H18O2/c1-3-5-9-10(12-9)7-4-6-8(2)11/h9-10H,3-7H2,1-2H3. The highest BCUT2D eigenvalue weighted by molar-refractivity contribution is 5.75. The van der Waals surface area contributed by atoms with Crippen molar-refractivity contribution in [1.29, 1.82) is 0 Å². The molecule has 2 atom stereocenters. The Bertz CT molecular complexity index is 154. The first-order chi connectivity index (χ1) is 5.74. The van der Waals surface area contributed by atoms with Gasteiger partial charge in [0, 0.05) is 6.42 Å². The molecular formula is C10H18O2. The largest absolute Gasteiger partial charge is 0.370 e. The lowest BCUT2D eigenvalue weighted by atomic mass is 10.1. The summed E-state index contributed by atoms with van der Waals surface area (Å²) in [5.74, 6) is 0.294. The first-order valence-corrected chi connectivity index (χ1v) is 4.89. The van der Waals surface area contributed by atoms with Crippen LogP contribution in [0.1, 0.15) is 46.0 Å². The molecular weight excluding hydrogens is 152 g/mol. The number of ether oxygens (including phenoxy) is 1. The van der Waals surface area contributed by atoms with Crippen LogP contribution in [0, 0.1) is 0 Å². The summed E-state index contributed by atoms with van der Waals surface area (Å²) in [6.07, 6.45) is 6.17. The van der Waals surface area contributed by atoms with Gasteiger partial charge in [-0.3, -0.25) is 0 Å². The van der Waals surface area contributed by atoms with E-state index in [1.807, 2.05) is 0 Å². The van der Waals surface area contributed by atoms with Gasteiger partial charge in [0.2, 0.25) is 0 Å². The number of hydrogen-bond donors (Lipinski definition) is 0. The number of carbonyl (C=O) groups is 1. The molecule has 1 aliphatic rings. The first kappa shape index (κ1) is 9.72. The number of rotatable bonds is 6. The van der Waals surface area contributed by atoms with Gasteiger partial charge < -0.3 is 9.53 Å². The van der Waals surface area contributed by atoms with Gasteiger partial charge in [-0.2, -0.15) is 0 Å². The van der Waals surface area contributed by atoms with E-state index in [9.17, 15) is 4.79 Å². The average molecular weight is 170 g/mol. The van der Waals surface area contributed by atoms with Crippen molar-refractivity contribution in [3.8, 4) is 0 Å². The highest BCUT2D eigenvalue weighted by Crippen LogP contribution is 2.30. The van der Waals surface area contributed by atoms with Crippen molar-refractivity contribution < 1.29 is 9.53 Å². The monoisotopic (exact) mass is 170 g/mol. The number of carbonyl (C=O) groups excluding carboxylic acids is 1. The highest BCUT2D eigenvalue weighted by Gasteiger charge is 2.36. The van der Waals surface area contributed by atoms with Gasteiger partial charge in [0.1, 0.15) is 5.78 Å². The van der Waals surface area contributed by atoms with Crippen molar-refractivity contribution in [1.82, 2.24) is 0 Å². The fourth-order valence-electron chi connectivity index (χ4n) is 1.52. The van der Waals surface area contributed by atoms with Crippen LogP contribution in [-0.2, 0) is 9.53 Å². The van der Waals surface area contributed by atoms with Crippen LogP contribution in [0.5, 0.6) is 0 Å². The molecule has 0 spiro atoms. The summed E-state index contributed by atoms with van der Waals surface area (Å²) in [4.78, 5) is 10.6. The van der Waals surface area contributed by atoms with E-state index in [1.165, 1.54) is 12.8 Å². The normalized spacial score (nSPS) is 27.2. The van der Waals surface area contributed by atoms with Gasteiger partial charge in [-0.1, -0.05) is 13.3 Å². The summed E-state index contributed by atoms with van der Waals surface area (Å²) < 4.78 is 5.43. The van der Waals surface area contributed by atoms with Gasteiger partial charge >= 0.3 is 0 Å². The molecule has 1 aliphatic heterocycles. The van der Waals surface area contributed by atoms with Crippen molar-refractivity contribution >= 4 is 5.78 Å². The van der Waals surface area contributed by atoms with E-state index in [4.69, 9.17) is 4.74 Å². The Hall–Kier alpha value is -0.370. The predicted octanol–water partition coefficient (Wildman–Crippen LogP) is 2.31. The van der Waals surface area contributed by atoms with Gasteiger partial charge in [-0.25, -0.2) is 0 Å². The maximum absolute atomic E-state index is 10.6. The quantitative estimate of drug-likeness (QED) is 0.572. The van der Waals surface area contributed by atoms with Crippen LogP contribution in [0.25, 0.3) is 0 Å². The van der Waals surface area contributed by atoms with Crippen molar-refractivity contribution in [2.75, 3.05) is 0 Å². The van der Waals surface area contributed by atoms with Gasteiger partial charge in [-0.05, 0) is 26.2 Å². The second-order valence-electron chi connectivity index (χ2n) is 3.60. The number of Topliss-reactive ketones (excluding diaryl/α,β-unsaturated/α-hetero) is 1. The molecule has 0 aromatic carbocycles. The Labute approximate surface area is 74.3 Å². The first-order valence-electron chi connectivity index (χ1n) is 4.89. The maximum atomic E-state index is 10.6. The number of hydrogen-bond acceptors (Lipinski definition) is 2. The third-order valence-electron chi connectivity index (χ3n) is 2.28. The van der Waals surface area contributed by atoms with Crippen molar-refractivity contribution in [3.63, 3.8) is 0 Å². The molecule has 12 heavy (non-hydrogen) atoms. The van der Waals surface area contributed by atoms with Crippen LogP contribution >= 0.6 is 0 Å². The molecule has 0 aromatic rings. The summed E-state index contributed by atoms with van der Waals surface area (Å²) in [5, 5.41) is 0. The number of epoxide rings is 1. The molecule has 0 amide bonds. The fraction of sp³-hybridized carbons (Fsp3) is 0.900. The molecule has 70 valence electrons. The molecule has 2 unspecified atom stereocenters. The number of ketones is 1.